The lowest BCUT2D eigenvalue weighted by Crippen LogP contribution is -2.30. The van der Waals surface area contributed by atoms with Gasteiger partial charge in [0.25, 0.3) is 0 Å². The van der Waals surface area contributed by atoms with Gasteiger partial charge in [-0.3, -0.25) is 11.3 Å². The highest BCUT2D eigenvalue weighted by molar-refractivity contribution is 5.32. The maximum Gasteiger partial charge on any atom is 0.130 e. The standard InChI is InChI=1S/C16H19FN2/c1-11-6-3-4-8-13(11)10-15(19-18)14-9-5-7-12(2)16(14)17/h3-9,15,19H,10,18H2,1-2H3. The molecule has 0 aromatic heterocycles. The molecule has 3 N–H and O–H groups in total. The summed E-state index contributed by atoms with van der Waals surface area (Å²) in [7, 11) is 0. The van der Waals surface area contributed by atoms with E-state index < -0.39 is 0 Å². The Morgan fingerprint density at radius 2 is 1.74 bits per heavy atom. The Hall–Kier alpha value is -1.71. The Morgan fingerprint density at radius 3 is 2.42 bits per heavy atom. The highest BCUT2D eigenvalue weighted by atomic mass is 19.1. The maximum atomic E-state index is 14.1. The van der Waals surface area contributed by atoms with Crippen molar-refractivity contribution < 1.29 is 4.39 Å². The third kappa shape index (κ3) is 3.00. The van der Waals surface area contributed by atoms with Crippen LogP contribution in [0.4, 0.5) is 4.39 Å². The second kappa shape index (κ2) is 5.95. The first-order chi connectivity index (χ1) is 9.13. The molecule has 3 heteroatoms. The molecule has 0 aliphatic carbocycles. The molecule has 100 valence electrons. The summed E-state index contributed by atoms with van der Waals surface area (Å²) in [6, 6.07) is 13.3. The zero-order valence-electron chi connectivity index (χ0n) is 11.3. The number of hydrazine groups is 1. The second-order valence-electron chi connectivity index (χ2n) is 4.83. The molecular formula is C16H19FN2. The molecule has 0 amide bonds. The lowest BCUT2D eigenvalue weighted by Gasteiger charge is -2.19. The van der Waals surface area contributed by atoms with Crippen molar-refractivity contribution in [2.75, 3.05) is 0 Å². The van der Waals surface area contributed by atoms with Crippen molar-refractivity contribution in [3.8, 4) is 0 Å². The Balaban J connectivity index is 2.31. The predicted molar refractivity (Wildman–Crippen MR) is 76.1 cm³/mol. The Kier molecular flexibility index (Phi) is 4.30. The van der Waals surface area contributed by atoms with Crippen molar-refractivity contribution >= 4 is 0 Å². The van der Waals surface area contributed by atoms with Crippen LogP contribution in [0.3, 0.4) is 0 Å². The van der Waals surface area contributed by atoms with E-state index in [0.29, 0.717) is 17.5 Å². The molecule has 0 spiro atoms. The summed E-state index contributed by atoms with van der Waals surface area (Å²) in [5.41, 5.74) is 6.34. The van der Waals surface area contributed by atoms with E-state index in [-0.39, 0.29) is 11.9 Å². The molecule has 19 heavy (non-hydrogen) atoms. The molecule has 1 atom stereocenters. The van der Waals surface area contributed by atoms with Crippen molar-refractivity contribution in [2.24, 2.45) is 5.84 Å². The number of hydrogen-bond acceptors (Lipinski definition) is 2. The summed E-state index contributed by atoms with van der Waals surface area (Å²) in [5.74, 6) is 5.42. The van der Waals surface area contributed by atoms with E-state index in [0.717, 1.165) is 0 Å². The molecular weight excluding hydrogens is 239 g/mol. The zero-order valence-corrected chi connectivity index (χ0v) is 11.3. The minimum atomic E-state index is -0.221. The van der Waals surface area contributed by atoms with Crippen LogP contribution in [0.2, 0.25) is 0 Å². The summed E-state index contributed by atoms with van der Waals surface area (Å²) in [5, 5.41) is 0. The van der Waals surface area contributed by atoms with Gasteiger partial charge in [0.05, 0.1) is 6.04 Å². The van der Waals surface area contributed by atoms with Crippen molar-refractivity contribution in [1.29, 1.82) is 0 Å². The number of nitrogens with two attached hydrogens (primary N) is 1. The highest BCUT2D eigenvalue weighted by Gasteiger charge is 2.16. The summed E-state index contributed by atoms with van der Waals surface area (Å²) in [4.78, 5) is 0. The Morgan fingerprint density at radius 1 is 1.05 bits per heavy atom. The first-order valence-electron chi connectivity index (χ1n) is 6.39. The third-order valence-corrected chi connectivity index (χ3v) is 3.48. The van der Waals surface area contributed by atoms with Gasteiger partial charge >= 0.3 is 0 Å². The summed E-state index contributed by atoms with van der Waals surface area (Å²) < 4.78 is 14.1. The van der Waals surface area contributed by atoms with E-state index in [1.165, 1.54) is 11.1 Å². The fourth-order valence-corrected chi connectivity index (χ4v) is 2.26. The van der Waals surface area contributed by atoms with Crippen LogP contribution in [0.5, 0.6) is 0 Å². The molecule has 0 saturated heterocycles. The third-order valence-electron chi connectivity index (χ3n) is 3.48. The normalized spacial score (nSPS) is 12.4. The van der Waals surface area contributed by atoms with Crippen LogP contribution in [0.25, 0.3) is 0 Å². The molecule has 2 nitrogen and oxygen atoms in total. The SMILES string of the molecule is Cc1ccccc1CC(NN)c1cccc(C)c1F. The molecule has 0 aliphatic heterocycles. The molecule has 0 saturated carbocycles. The maximum absolute atomic E-state index is 14.1. The van der Waals surface area contributed by atoms with Crippen molar-refractivity contribution in [2.45, 2.75) is 26.3 Å². The molecule has 2 rings (SSSR count). The van der Waals surface area contributed by atoms with Gasteiger partial charge in [-0.25, -0.2) is 4.39 Å². The minimum absolute atomic E-state index is 0.181. The zero-order chi connectivity index (χ0) is 13.8. The largest absolute Gasteiger partial charge is 0.271 e. The van der Waals surface area contributed by atoms with Gasteiger partial charge in [-0.05, 0) is 37.0 Å². The number of rotatable bonds is 4. The van der Waals surface area contributed by atoms with E-state index >= 15 is 0 Å². The first kappa shape index (κ1) is 13.7. The second-order valence-corrected chi connectivity index (χ2v) is 4.83. The molecule has 0 bridgehead atoms. The van der Waals surface area contributed by atoms with E-state index in [1.807, 2.05) is 24.3 Å². The van der Waals surface area contributed by atoms with Gasteiger partial charge in [0, 0.05) is 5.56 Å². The molecule has 1 unspecified atom stereocenters. The van der Waals surface area contributed by atoms with Crippen LogP contribution in [-0.2, 0) is 6.42 Å². The number of benzene rings is 2. The minimum Gasteiger partial charge on any atom is -0.271 e. The van der Waals surface area contributed by atoms with Gasteiger partial charge in [0.2, 0.25) is 0 Å². The van der Waals surface area contributed by atoms with Crippen LogP contribution in [0, 0.1) is 19.7 Å². The van der Waals surface area contributed by atoms with Crippen LogP contribution in [0.15, 0.2) is 42.5 Å². The van der Waals surface area contributed by atoms with Crippen molar-refractivity contribution in [1.82, 2.24) is 5.43 Å². The lowest BCUT2D eigenvalue weighted by molar-refractivity contribution is 0.507. The molecule has 0 fully saturated rings. The van der Waals surface area contributed by atoms with Gasteiger partial charge in [-0.15, -0.1) is 0 Å². The lowest BCUT2D eigenvalue weighted by atomic mass is 9.95. The van der Waals surface area contributed by atoms with Gasteiger partial charge in [-0.1, -0.05) is 42.5 Å². The van der Waals surface area contributed by atoms with Crippen molar-refractivity contribution in [3.63, 3.8) is 0 Å². The van der Waals surface area contributed by atoms with E-state index in [9.17, 15) is 4.39 Å². The average molecular weight is 258 g/mol. The highest BCUT2D eigenvalue weighted by Crippen LogP contribution is 2.23. The Labute approximate surface area is 113 Å². The molecule has 2 aromatic carbocycles. The first-order valence-corrected chi connectivity index (χ1v) is 6.39. The monoisotopic (exact) mass is 258 g/mol. The van der Waals surface area contributed by atoms with Gasteiger partial charge in [0.15, 0.2) is 0 Å². The van der Waals surface area contributed by atoms with Crippen molar-refractivity contribution in [3.05, 3.63) is 70.5 Å². The average Bonchev–Trinajstić information content (AvgIpc) is 2.41. The summed E-state index contributed by atoms with van der Waals surface area (Å²) in [6.07, 6.45) is 0.670. The number of nitrogens with one attached hydrogen (secondary N) is 1. The van der Waals surface area contributed by atoms with Gasteiger partial charge < -0.3 is 0 Å². The summed E-state index contributed by atoms with van der Waals surface area (Å²) >= 11 is 0. The molecule has 0 heterocycles. The Bertz CT molecular complexity index is 566. The smallest absolute Gasteiger partial charge is 0.130 e. The fraction of sp³-hybridized carbons (Fsp3) is 0.250. The van der Waals surface area contributed by atoms with E-state index in [4.69, 9.17) is 5.84 Å². The van der Waals surface area contributed by atoms with Gasteiger partial charge in [0.1, 0.15) is 5.82 Å². The van der Waals surface area contributed by atoms with E-state index in [2.05, 4.69) is 18.4 Å². The number of hydrogen-bond donors (Lipinski definition) is 2. The van der Waals surface area contributed by atoms with Crippen LogP contribution < -0.4 is 11.3 Å². The van der Waals surface area contributed by atoms with Crippen LogP contribution in [0.1, 0.15) is 28.3 Å². The molecule has 0 aliphatic rings. The molecule has 2 aromatic rings. The number of aryl methyl sites for hydroxylation is 2. The fourth-order valence-electron chi connectivity index (χ4n) is 2.26. The quantitative estimate of drug-likeness (QED) is 0.653. The van der Waals surface area contributed by atoms with E-state index in [1.54, 1.807) is 19.1 Å². The van der Waals surface area contributed by atoms with Crippen LogP contribution >= 0.6 is 0 Å². The predicted octanol–water partition coefficient (Wildman–Crippen LogP) is 3.19. The topological polar surface area (TPSA) is 38.0 Å². The number of halogens is 1. The van der Waals surface area contributed by atoms with Gasteiger partial charge in [-0.2, -0.15) is 0 Å². The van der Waals surface area contributed by atoms with Crippen LogP contribution in [-0.4, -0.2) is 0 Å². The summed E-state index contributed by atoms with van der Waals surface area (Å²) in [6.45, 7) is 3.82. The molecule has 0 radical (unpaired) electrons.